The first-order valence-electron chi connectivity index (χ1n) is 9.96. The molecule has 5 heteroatoms. The number of carbonyl (C=O) groups is 1. The molecule has 0 saturated heterocycles. The molecule has 0 bridgehead atoms. The van der Waals surface area contributed by atoms with E-state index in [0.717, 1.165) is 35.8 Å². The molecule has 0 fully saturated rings. The number of aryl methyl sites for hydroxylation is 1. The second-order valence-electron chi connectivity index (χ2n) is 7.14. The van der Waals surface area contributed by atoms with Crippen molar-refractivity contribution in [2.45, 2.75) is 19.9 Å². The molecule has 4 aromatic rings. The predicted molar refractivity (Wildman–Crippen MR) is 125 cm³/mol. The van der Waals surface area contributed by atoms with E-state index < -0.39 is 0 Å². The predicted octanol–water partition coefficient (Wildman–Crippen LogP) is 5.36. The quantitative estimate of drug-likeness (QED) is 0.429. The fourth-order valence-corrected chi connectivity index (χ4v) is 3.54. The van der Waals surface area contributed by atoms with Gasteiger partial charge in [0.2, 0.25) is 0 Å². The summed E-state index contributed by atoms with van der Waals surface area (Å²) in [4.78, 5) is 24.2. The Morgan fingerprint density at radius 1 is 0.968 bits per heavy atom. The molecule has 2 N–H and O–H groups in total. The zero-order valence-corrected chi connectivity index (χ0v) is 17.8. The molecule has 0 saturated carbocycles. The second-order valence-corrected chi connectivity index (χ2v) is 7.14. The number of aliphatic hydroxyl groups is 1. The molecule has 0 aliphatic heterocycles. The molecular weight excluding hydrogens is 390 g/mol. The number of anilines is 1. The van der Waals surface area contributed by atoms with Crippen molar-refractivity contribution in [2.24, 2.45) is 0 Å². The van der Waals surface area contributed by atoms with Gasteiger partial charge < -0.3 is 14.8 Å². The van der Waals surface area contributed by atoms with Gasteiger partial charge in [-0.15, -0.1) is 0 Å². The summed E-state index contributed by atoms with van der Waals surface area (Å²) < 4.78 is 6.22. The molecule has 1 heterocycles. The van der Waals surface area contributed by atoms with E-state index in [1.165, 1.54) is 0 Å². The molecule has 0 amide bonds. The first kappa shape index (κ1) is 22.0. The highest BCUT2D eigenvalue weighted by atomic mass is 16.3. The summed E-state index contributed by atoms with van der Waals surface area (Å²) in [6, 6.07) is 22.2. The zero-order valence-electron chi connectivity index (χ0n) is 17.8. The van der Waals surface area contributed by atoms with Crippen LogP contribution in [0.15, 0.2) is 82.0 Å². The number of nitrogens with one attached hydrogen (secondary N) is 1. The van der Waals surface area contributed by atoms with Gasteiger partial charge in [0.05, 0.1) is 11.4 Å². The number of para-hydroxylation sites is 1. The Morgan fingerprint density at radius 3 is 2.35 bits per heavy atom. The van der Waals surface area contributed by atoms with Crippen LogP contribution in [0.2, 0.25) is 0 Å². The molecule has 31 heavy (non-hydrogen) atoms. The third-order valence-corrected chi connectivity index (χ3v) is 4.99. The van der Waals surface area contributed by atoms with E-state index in [2.05, 4.69) is 5.32 Å². The SMILES string of the molecule is CO.Cc1cc(C(C)Nc2ccccc2C=O)c2oc(-c3ccccc3)cc(=O)c2c1. The van der Waals surface area contributed by atoms with Crippen molar-refractivity contribution in [2.75, 3.05) is 12.4 Å². The molecule has 0 radical (unpaired) electrons. The van der Waals surface area contributed by atoms with E-state index in [0.29, 0.717) is 22.3 Å². The van der Waals surface area contributed by atoms with Crippen molar-refractivity contribution in [3.63, 3.8) is 0 Å². The molecular formula is C26H25NO4. The summed E-state index contributed by atoms with van der Waals surface area (Å²) in [6.45, 7) is 3.95. The minimum Gasteiger partial charge on any atom is -0.455 e. The number of benzene rings is 3. The molecule has 0 aliphatic carbocycles. The Labute approximate surface area is 181 Å². The molecule has 1 atom stereocenters. The van der Waals surface area contributed by atoms with Gasteiger partial charge in [-0.3, -0.25) is 9.59 Å². The summed E-state index contributed by atoms with van der Waals surface area (Å²) in [6.07, 6.45) is 0.830. The number of aliphatic hydroxyl groups excluding tert-OH is 1. The van der Waals surface area contributed by atoms with Gasteiger partial charge in [-0.25, -0.2) is 0 Å². The average molecular weight is 415 g/mol. The van der Waals surface area contributed by atoms with Crippen LogP contribution in [-0.2, 0) is 0 Å². The van der Waals surface area contributed by atoms with Crippen molar-refractivity contribution in [1.82, 2.24) is 0 Å². The number of aldehydes is 1. The maximum atomic E-state index is 12.8. The fraction of sp³-hybridized carbons (Fsp3) is 0.154. The molecule has 0 spiro atoms. The van der Waals surface area contributed by atoms with E-state index in [4.69, 9.17) is 9.52 Å². The third-order valence-electron chi connectivity index (χ3n) is 4.99. The Hall–Kier alpha value is -3.70. The molecule has 1 unspecified atom stereocenters. The van der Waals surface area contributed by atoms with E-state index in [1.54, 1.807) is 12.1 Å². The van der Waals surface area contributed by atoms with Gasteiger partial charge in [-0.2, -0.15) is 0 Å². The lowest BCUT2D eigenvalue weighted by atomic mass is 10.00. The van der Waals surface area contributed by atoms with Crippen molar-refractivity contribution >= 4 is 22.9 Å². The van der Waals surface area contributed by atoms with Crippen molar-refractivity contribution in [3.05, 3.63) is 99.7 Å². The van der Waals surface area contributed by atoms with Gasteiger partial charge in [0.1, 0.15) is 11.3 Å². The number of hydrogen-bond donors (Lipinski definition) is 2. The number of carbonyl (C=O) groups excluding carboxylic acids is 1. The van der Waals surface area contributed by atoms with Crippen LogP contribution < -0.4 is 10.7 Å². The first-order chi connectivity index (χ1) is 15.1. The standard InChI is InChI=1S/C25H21NO3.CH4O/c1-16-12-20(17(2)26-22-11-7-6-10-19(22)15-27)25-21(13-16)23(28)14-24(29-25)18-8-4-3-5-9-18;1-2/h3-15,17,26H,1-2H3;2H,1H3. The van der Waals surface area contributed by atoms with Crippen molar-refractivity contribution in [1.29, 1.82) is 0 Å². The van der Waals surface area contributed by atoms with Crippen LogP contribution in [-0.4, -0.2) is 18.5 Å². The molecule has 0 aliphatic rings. The van der Waals surface area contributed by atoms with E-state index in [9.17, 15) is 9.59 Å². The maximum absolute atomic E-state index is 12.8. The van der Waals surface area contributed by atoms with Crippen molar-refractivity contribution < 1.29 is 14.3 Å². The molecule has 1 aromatic heterocycles. The van der Waals surface area contributed by atoms with Gasteiger partial charge in [0.25, 0.3) is 0 Å². The van der Waals surface area contributed by atoms with E-state index in [-0.39, 0.29) is 11.5 Å². The Morgan fingerprint density at radius 2 is 1.65 bits per heavy atom. The molecule has 158 valence electrons. The van der Waals surface area contributed by atoms with E-state index >= 15 is 0 Å². The lowest BCUT2D eigenvalue weighted by molar-refractivity contribution is 0.112. The van der Waals surface area contributed by atoms with Crippen LogP contribution >= 0.6 is 0 Å². The summed E-state index contributed by atoms with van der Waals surface area (Å²) in [5, 5.41) is 10.9. The van der Waals surface area contributed by atoms with Crippen molar-refractivity contribution in [3.8, 4) is 11.3 Å². The van der Waals surface area contributed by atoms with Crippen LogP contribution in [0, 0.1) is 6.92 Å². The second kappa shape index (κ2) is 9.87. The number of fused-ring (bicyclic) bond motifs is 1. The molecule has 3 aromatic carbocycles. The van der Waals surface area contributed by atoms with Crippen LogP contribution in [0.5, 0.6) is 0 Å². The Kier molecular flexibility index (Phi) is 7.00. The number of hydrogen-bond acceptors (Lipinski definition) is 5. The highest BCUT2D eigenvalue weighted by Gasteiger charge is 2.17. The first-order valence-corrected chi connectivity index (χ1v) is 9.96. The third kappa shape index (κ3) is 4.73. The van der Waals surface area contributed by atoms with Gasteiger partial charge >= 0.3 is 0 Å². The lowest BCUT2D eigenvalue weighted by Gasteiger charge is -2.19. The highest BCUT2D eigenvalue weighted by molar-refractivity contribution is 5.86. The minimum absolute atomic E-state index is 0.0736. The minimum atomic E-state index is -0.173. The average Bonchev–Trinajstić information content (AvgIpc) is 2.81. The summed E-state index contributed by atoms with van der Waals surface area (Å²) in [5.41, 5.74) is 4.51. The lowest BCUT2D eigenvalue weighted by Crippen LogP contribution is -2.11. The summed E-state index contributed by atoms with van der Waals surface area (Å²) in [7, 11) is 1.00. The van der Waals surface area contributed by atoms with Gasteiger partial charge in [-0.05, 0) is 37.6 Å². The van der Waals surface area contributed by atoms with Crippen LogP contribution in [0.25, 0.3) is 22.3 Å². The van der Waals surface area contributed by atoms with E-state index in [1.807, 2.05) is 74.5 Å². The largest absolute Gasteiger partial charge is 0.455 e. The highest BCUT2D eigenvalue weighted by Crippen LogP contribution is 2.30. The van der Waals surface area contributed by atoms with Gasteiger partial charge in [0.15, 0.2) is 11.7 Å². The number of rotatable bonds is 5. The van der Waals surface area contributed by atoms with Crippen LogP contribution in [0.1, 0.15) is 34.5 Å². The zero-order chi connectivity index (χ0) is 22.4. The van der Waals surface area contributed by atoms with Crippen LogP contribution in [0.3, 0.4) is 0 Å². The molecule has 4 rings (SSSR count). The Balaban J connectivity index is 0.00000132. The summed E-state index contributed by atoms with van der Waals surface area (Å²) in [5.74, 6) is 0.536. The van der Waals surface area contributed by atoms with Gasteiger partial charge in [-0.1, -0.05) is 48.5 Å². The molecule has 5 nitrogen and oxygen atoms in total. The topological polar surface area (TPSA) is 79.5 Å². The smallest absolute Gasteiger partial charge is 0.193 e. The normalized spacial score (nSPS) is 11.4. The Bertz CT molecular complexity index is 1250. The van der Waals surface area contributed by atoms with Gasteiger partial charge in [0, 0.05) is 35.6 Å². The summed E-state index contributed by atoms with van der Waals surface area (Å²) >= 11 is 0. The monoisotopic (exact) mass is 415 g/mol. The van der Waals surface area contributed by atoms with Crippen LogP contribution in [0.4, 0.5) is 5.69 Å². The fourth-order valence-electron chi connectivity index (χ4n) is 3.54. The maximum Gasteiger partial charge on any atom is 0.193 e.